The minimum atomic E-state index is 0.489. The van der Waals surface area contributed by atoms with Gasteiger partial charge in [0, 0.05) is 19.0 Å². The summed E-state index contributed by atoms with van der Waals surface area (Å²) in [6, 6.07) is 0.679. The van der Waals surface area contributed by atoms with Crippen LogP contribution in [0.2, 0.25) is 0 Å². The Morgan fingerprint density at radius 3 is 2.62 bits per heavy atom. The number of hydrogen-bond acceptors (Lipinski definition) is 2. The van der Waals surface area contributed by atoms with E-state index < -0.39 is 0 Å². The van der Waals surface area contributed by atoms with Crippen LogP contribution in [0.1, 0.15) is 52.9 Å². The van der Waals surface area contributed by atoms with Crippen LogP contribution in [0.3, 0.4) is 0 Å². The topological polar surface area (TPSA) is 24.4 Å². The van der Waals surface area contributed by atoms with Crippen LogP contribution in [0.4, 0.5) is 0 Å². The number of aliphatic imine (C=N–C) groups is 1. The second-order valence-corrected chi connectivity index (χ2v) is 6.74. The zero-order valence-electron chi connectivity index (χ0n) is 10.8. The molecule has 2 fully saturated rings. The average molecular weight is 220 g/mol. The zero-order chi connectivity index (χ0) is 11.4. The van der Waals surface area contributed by atoms with E-state index in [1.807, 2.05) is 0 Å². The molecule has 0 amide bonds. The van der Waals surface area contributed by atoms with Crippen molar-refractivity contribution in [2.24, 2.45) is 21.7 Å². The molecule has 2 bridgehead atoms. The Kier molecular flexibility index (Phi) is 2.15. The Morgan fingerprint density at radius 2 is 2.12 bits per heavy atom. The van der Waals surface area contributed by atoms with Crippen molar-refractivity contribution >= 4 is 5.84 Å². The van der Waals surface area contributed by atoms with Gasteiger partial charge in [0.05, 0.1) is 5.84 Å². The fraction of sp³-hybridized carbons (Fsp3) is 0.929. The lowest BCUT2D eigenvalue weighted by Crippen LogP contribution is -2.46. The molecule has 1 N–H and O–H groups in total. The summed E-state index contributed by atoms with van der Waals surface area (Å²) in [4.78, 5) is 4.57. The summed E-state index contributed by atoms with van der Waals surface area (Å²) in [7, 11) is 0. The zero-order valence-corrected chi connectivity index (χ0v) is 10.8. The third-order valence-electron chi connectivity index (χ3n) is 6.01. The quantitative estimate of drug-likeness (QED) is 0.722. The predicted molar refractivity (Wildman–Crippen MR) is 67.7 cm³/mol. The fourth-order valence-electron chi connectivity index (χ4n) is 4.28. The van der Waals surface area contributed by atoms with Gasteiger partial charge >= 0.3 is 0 Å². The molecule has 0 radical (unpaired) electrons. The molecule has 3 rings (SSSR count). The van der Waals surface area contributed by atoms with E-state index in [0.29, 0.717) is 16.9 Å². The Balaban J connectivity index is 1.79. The lowest BCUT2D eigenvalue weighted by atomic mass is 9.69. The number of hydrogen-bond donors (Lipinski definition) is 1. The second kappa shape index (κ2) is 3.24. The molecule has 0 spiro atoms. The Labute approximate surface area is 98.9 Å². The van der Waals surface area contributed by atoms with Crippen molar-refractivity contribution < 1.29 is 0 Å². The molecule has 1 heterocycles. The van der Waals surface area contributed by atoms with Crippen molar-refractivity contribution in [2.75, 3.05) is 6.54 Å². The largest absolute Gasteiger partial charge is 0.371 e. The molecular weight excluding hydrogens is 196 g/mol. The van der Waals surface area contributed by atoms with Gasteiger partial charge in [-0.05, 0) is 42.4 Å². The van der Waals surface area contributed by atoms with E-state index in [1.165, 1.54) is 37.9 Å². The number of rotatable bonds is 1. The van der Waals surface area contributed by atoms with Gasteiger partial charge in [-0.15, -0.1) is 0 Å². The molecule has 2 heteroatoms. The number of nitrogens with one attached hydrogen (secondary N) is 1. The van der Waals surface area contributed by atoms with Gasteiger partial charge in [0.2, 0.25) is 0 Å². The summed E-state index contributed by atoms with van der Waals surface area (Å²) in [5.74, 6) is 2.21. The van der Waals surface area contributed by atoms with E-state index in [1.54, 1.807) is 0 Å². The second-order valence-electron chi connectivity index (χ2n) is 6.74. The summed E-state index contributed by atoms with van der Waals surface area (Å²) in [5.41, 5.74) is 1.01. The van der Waals surface area contributed by atoms with Crippen LogP contribution in [0.5, 0.6) is 0 Å². The molecule has 16 heavy (non-hydrogen) atoms. The van der Waals surface area contributed by atoms with Gasteiger partial charge < -0.3 is 5.32 Å². The molecule has 0 aromatic heterocycles. The fourth-order valence-corrected chi connectivity index (χ4v) is 4.28. The summed E-state index contributed by atoms with van der Waals surface area (Å²) < 4.78 is 0. The molecular formula is C14H24N2. The first-order chi connectivity index (χ1) is 7.54. The maximum atomic E-state index is 4.57. The van der Waals surface area contributed by atoms with Crippen LogP contribution in [0.25, 0.3) is 0 Å². The first-order valence-corrected chi connectivity index (χ1v) is 6.84. The van der Waals surface area contributed by atoms with Gasteiger partial charge in [0.15, 0.2) is 0 Å². The summed E-state index contributed by atoms with van der Waals surface area (Å²) >= 11 is 0. The van der Waals surface area contributed by atoms with E-state index in [-0.39, 0.29) is 0 Å². The third-order valence-corrected chi connectivity index (χ3v) is 6.01. The monoisotopic (exact) mass is 220 g/mol. The summed E-state index contributed by atoms with van der Waals surface area (Å²) in [5, 5.41) is 3.76. The van der Waals surface area contributed by atoms with Crippen molar-refractivity contribution in [3.05, 3.63) is 0 Å². The average Bonchev–Trinajstić information content (AvgIpc) is 2.84. The molecule has 0 saturated heterocycles. The highest BCUT2D eigenvalue weighted by atomic mass is 15.1. The molecule has 2 nitrogen and oxygen atoms in total. The molecule has 3 atom stereocenters. The molecule has 0 aromatic carbocycles. The highest BCUT2D eigenvalue weighted by molar-refractivity contribution is 5.84. The lowest BCUT2D eigenvalue weighted by Gasteiger charge is -2.39. The van der Waals surface area contributed by atoms with Crippen LogP contribution in [-0.4, -0.2) is 18.4 Å². The third kappa shape index (κ3) is 1.22. The van der Waals surface area contributed by atoms with Crippen molar-refractivity contribution in [1.29, 1.82) is 0 Å². The van der Waals surface area contributed by atoms with Crippen LogP contribution in [-0.2, 0) is 0 Å². The number of fused-ring (bicyclic) bond motifs is 2. The van der Waals surface area contributed by atoms with E-state index in [4.69, 9.17) is 0 Å². The van der Waals surface area contributed by atoms with Crippen LogP contribution >= 0.6 is 0 Å². The van der Waals surface area contributed by atoms with Crippen molar-refractivity contribution in [3.63, 3.8) is 0 Å². The van der Waals surface area contributed by atoms with Gasteiger partial charge in [0.1, 0.15) is 0 Å². The van der Waals surface area contributed by atoms with E-state index in [0.717, 1.165) is 12.5 Å². The van der Waals surface area contributed by atoms with Crippen molar-refractivity contribution in [3.8, 4) is 0 Å². The maximum Gasteiger partial charge on any atom is 0.0966 e. The van der Waals surface area contributed by atoms with Crippen LogP contribution in [0.15, 0.2) is 4.99 Å². The van der Waals surface area contributed by atoms with Gasteiger partial charge in [0.25, 0.3) is 0 Å². The SMILES string of the molecule is CC1(C)[C@@H]2CC[C@@]1(C)[C@H](NC1=NCCC1)C2. The Hall–Kier alpha value is -0.530. The molecule has 2 aliphatic carbocycles. The Bertz CT molecular complexity index is 332. The van der Waals surface area contributed by atoms with Crippen molar-refractivity contribution in [2.45, 2.75) is 58.9 Å². The van der Waals surface area contributed by atoms with Gasteiger partial charge in [-0.25, -0.2) is 0 Å². The Morgan fingerprint density at radius 1 is 1.31 bits per heavy atom. The van der Waals surface area contributed by atoms with E-state index in [9.17, 15) is 0 Å². The number of nitrogens with zero attached hydrogens (tertiary/aromatic N) is 1. The maximum absolute atomic E-state index is 4.57. The van der Waals surface area contributed by atoms with Gasteiger partial charge in [-0.1, -0.05) is 20.8 Å². The summed E-state index contributed by atoms with van der Waals surface area (Å²) in [6.45, 7) is 8.48. The normalized spacial score (nSPS) is 44.8. The molecule has 3 aliphatic rings. The van der Waals surface area contributed by atoms with Gasteiger partial charge in [-0.2, -0.15) is 0 Å². The molecule has 2 saturated carbocycles. The predicted octanol–water partition coefficient (Wildman–Crippen LogP) is 2.98. The van der Waals surface area contributed by atoms with E-state index >= 15 is 0 Å². The van der Waals surface area contributed by atoms with Crippen LogP contribution < -0.4 is 5.32 Å². The lowest BCUT2D eigenvalue weighted by molar-refractivity contribution is 0.129. The number of amidine groups is 1. The van der Waals surface area contributed by atoms with Crippen molar-refractivity contribution in [1.82, 2.24) is 5.32 Å². The minimum Gasteiger partial charge on any atom is -0.371 e. The molecule has 90 valence electrons. The first kappa shape index (κ1) is 10.6. The molecule has 1 aliphatic heterocycles. The van der Waals surface area contributed by atoms with Crippen LogP contribution in [0, 0.1) is 16.7 Å². The molecule has 0 aromatic rings. The highest BCUT2D eigenvalue weighted by Crippen LogP contribution is 2.65. The van der Waals surface area contributed by atoms with E-state index in [2.05, 4.69) is 31.1 Å². The standard InChI is InChI=1S/C14H24N2/c1-13(2)10-6-7-14(13,3)11(9-10)16-12-5-4-8-15-12/h10-11H,4-9H2,1-3H3,(H,15,16)/t10-,11-,14+/m1/s1. The summed E-state index contributed by atoms with van der Waals surface area (Å²) in [6.07, 6.45) is 6.63. The molecule has 0 unspecified atom stereocenters. The smallest absolute Gasteiger partial charge is 0.0966 e. The van der Waals surface area contributed by atoms with Gasteiger partial charge in [-0.3, -0.25) is 4.99 Å². The first-order valence-electron chi connectivity index (χ1n) is 6.84. The minimum absolute atomic E-state index is 0.489. The highest BCUT2D eigenvalue weighted by Gasteiger charge is 2.61.